The summed E-state index contributed by atoms with van der Waals surface area (Å²) in [4.78, 5) is 4.78. The topological polar surface area (TPSA) is 31.4 Å². The van der Waals surface area contributed by atoms with Gasteiger partial charge < -0.3 is 9.47 Å². The summed E-state index contributed by atoms with van der Waals surface area (Å²) in [5, 5.41) is 0. The number of ether oxygens (including phenoxy) is 2. The third kappa shape index (κ3) is 3.74. The number of hydrogen-bond acceptors (Lipinski definition) is 3. The monoisotopic (exact) mass is 319 g/mol. The van der Waals surface area contributed by atoms with Gasteiger partial charge in [-0.2, -0.15) is 0 Å². The number of nitrogens with zero attached hydrogens (tertiary/aromatic N) is 1. The van der Waals surface area contributed by atoms with E-state index < -0.39 is 0 Å². The Kier molecular flexibility index (Phi) is 5.12. The highest BCUT2D eigenvalue weighted by molar-refractivity contribution is 5.66. The van der Waals surface area contributed by atoms with Crippen LogP contribution in [0.5, 0.6) is 11.5 Å². The number of pyridine rings is 1. The second kappa shape index (κ2) is 7.64. The Bertz CT molecular complexity index is 715. The summed E-state index contributed by atoms with van der Waals surface area (Å²) in [6.45, 7) is 5.31. The molecule has 0 spiro atoms. The van der Waals surface area contributed by atoms with Crippen LogP contribution in [-0.4, -0.2) is 18.2 Å². The summed E-state index contributed by atoms with van der Waals surface area (Å²) in [7, 11) is 0. The first-order valence-electron chi connectivity index (χ1n) is 8.23. The van der Waals surface area contributed by atoms with Gasteiger partial charge in [-0.05, 0) is 74.5 Å². The van der Waals surface area contributed by atoms with Crippen LogP contribution in [0.3, 0.4) is 0 Å². The van der Waals surface area contributed by atoms with Crippen LogP contribution in [0.15, 0.2) is 66.7 Å². The van der Waals surface area contributed by atoms with Crippen molar-refractivity contribution in [3.8, 4) is 34.0 Å². The predicted octanol–water partition coefficient (Wildman–Crippen LogP) is 5.21. The summed E-state index contributed by atoms with van der Waals surface area (Å²) < 4.78 is 11.0. The van der Waals surface area contributed by atoms with Crippen LogP contribution in [0, 0.1) is 0 Å². The van der Waals surface area contributed by atoms with Gasteiger partial charge in [-0.25, -0.2) is 4.98 Å². The van der Waals surface area contributed by atoms with Gasteiger partial charge in [0.15, 0.2) is 0 Å². The fraction of sp³-hybridized carbons (Fsp3) is 0.190. The Morgan fingerprint density at radius 1 is 0.625 bits per heavy atom. The van der Waals surface area contributed by atoms with Gasteiger partial charge in [0.05, 0.1) is 24.6 Å². The Morgan fingerprint density at radius 2 is 1.04 bits per heavy atom. The minimum absolute atomic E-state index is 0.671. The SMILES string of the molecule is CCOc1ccc(-c2cccc(-c3ccc(OCC)cc3)n2)cc1. The van der Waals surface area contributed by atoms with E-state index in [9.17, 15) is 0 Å². The van der Waals surface area contributed by atoms with Crippen LogP contribution in [0.25, 0.3) is 22.5 Å². The Balaban J connectivity index is 1.85. The van der Waals surface area contributed by atoms with E-state index in [0.29, 0.717) is 13.2 Å². The zero-order chi connectivity index (χ0) is 16.8. The van der Waals surface area contributed by atoms with Gasteiger partial charge in [-0.3, -0.25) is 0 Å². The lowest BCUT2D eigenvalue weighted by Crippen LogP contribution is -1.92. The maximum Gasteiger partial charge on any atom is 0.119 e. The van der Waals surface area contributed by atoms with Gasteiger partial charge in [-0.15, -0.1) is 0 Å². The molecule has 0 saturated heterocycles. The van der Waals surface area contributed by atoms with E-state index in [1.54, 1.807) is 0 Å². The minimum atomic E-state index is 0.671. The predicted molar refractivity (Wildman–Crippen MR) is 97.4 cm³/mol. The highest BCUT2D eigenvalue weighted by Crippen LogP contribution is 2.25. The van der Waals surface area contributed by atoms with Gasteiger partial charge in [-0.1, -0.05) is 6.07 Å². The second-order valence-electron chi connectivity index (χ2n) is 5.32. The standard InChI is InChI=1S/C21H21NO2/c1-3-23-18-12-8-16(9-13-18)20-6-5-7-21(22-20)17-10-14-19(15-11-17)24-4-2/h5-15H,3-4H2,1-2H3. The molecule has 3 nitrogen and oxygen atoms in total. The molecule has 0 atom stereocenters. The van der Waals surface area contributed by atoms with Crippen LogP contribution >= 0.6 is 0 Å². The number of benzene rings is 2. The molecule has 0 aliphatic rings. The molecule has 0 aliphatic carbocycles. The molecular weight excluding hydrogens is 298 g/mol. The van der Waals surface area contributed by atoms with Gasteiger partial charge in [0.25, 0.3) is 0 Å². The third-order valence-corrected chi connectivity index (χ3v) is 3.67. The average Bonchev–Trinajstić information content (AvgIpc) is 2.64. The summed E-state index contributed by atoms with van der Waals surface area (Å²) in [6.07, 6.45) is 0. The lowest BCUT2D eigenvalue weighted by molar-refractivity contribution is 0.340. The normalized spacial score (nSPS) is 10.4. The molecule has 0 radical (unpaired) electrons. The smallest absolute Gasteiger partial charge is 0.119 e. The number of hydrogen-bond donors (Lipinski definition) is 0. The molecule has 3 rings (SSSR count). The van der Waals surface area contributed by atoms with Crippen molar-refractivity contribution in [1.29, 1.82) is 0 Å². The van der Waals surface area contributed by atoms with Crippen molar-refractivity contribution in [2.45, 2.75) is 13.8 Å². The summed E-state index contributed by atoms with van der Waals surface area (Å²) in [6, 6.07) is 22.1. The quantitative estimate of drug-likeness (QED) is 0.625. The van der Waals surface area contributed by atoms with Crippen molar-refractivity contribution in [1.82, 2.24) is 4.98 Å². The largest absolute Gasteiger partial charge is 0.494 e. The van der Waals surface area contributed by atoms with Crippen LogP contribution in [-0.2, 0) is 0 Å². The van der Waals surface area contributed by atoms with Crippen molar-refractivity contribution in [3.05, 3.63) is 66.7 Å². The van der Waals surface area contributed by atoms with Crippen molar-refractivity contribution < 1.29 is 9.47 Å². The van der Waals surface area contributed by atoms with Crippen LogP contribution < -0.4 is 9.47 Å². The molecule has 24 heavy (non-hydrogen) atoms. The second-order valence-corrected chi connectivity index (χ2v) is 5.32. The molecule has 3 aromatic rings. The molecule has 0 saturated carbocycles. The number of aromatic nitrogens is 1. The molecule has 0 N–H and O–H groups in total. The van der Waals surface area contributed by atoms with E-state index in [-0.39, 0.29) is 0 Å². The summed E-state index contributed by atoms with van der Waals surface area (Å²) >= 11 is 0. The molecule has 0 amide bonds. The highest BCUT2D eigenvalue weighted by Gasteiger charge is 2.04. The van der Waals surface area contributed by atoms with Gasteiger partial charge in [0.2, 0.25) is 0 Å². The fourth-order valence-electron chi connectivity index (χ4n) is 2.53. The van der Waals surface area contributed by atoms with Crippen molar-refractivity contribution >= 4 is 0 Å². The lowest BCUT2D eigenvalue weighted by atomic mass is 10.1. The Morgan fingerprint density at radius 3 is 1.42 bits per heavy atom. The molecule has 0 aliphatic heterocycles. The van der Waals surface area contributed by atoms with Crippen molar-refractivity contribution in [2.24, 2.45) is 0 Å². The van der Waals surface area contributed by atoms with Crippen LogP contribution in [0.1, 0.15) is 13.8 Å². The summed E-state index contributed by atoms with van der Waals surface area (Å²) in [5.74, 6) is 1.76. The average molecular weight is 319 g/mol. The fourth-order valence-corrected chi connectivity index (χ4v) is 2.53. The van der Waals surface area contributed by atoms with Gasteiger partial charge in [0, 0.05) is 11.1 Å². The molecule has 3 heteroatoms. The van der Waals surface area contributed by atoms with Crippen LogP contribution in [0.4, 0.5) is 0 Å². The third-order valence-electron chi connectivity index (χ3n) is 3.67. The molecule has 1 aromatic heterocycles. The van der Waals surface area contributed by atoms with E-state index in [0.717, 1.165) is 34.0 Å². The Hall–Kier alpha value is -2.81. The van der Waals surface area contributed by atoms with Crippen molar-refractivity contribution in [3.63, 3.8) is 0 Å². The van der Waals surface area contributed by atoms with E-state index in [4.69, 9.17) is 14.5 Å². The molecule has 0 bridgehead atoms. The Labute approximate surface area is 142 Å². The zero-order valence-corrected chi connectivity index (χ0v) is 14.0. The van der Waals surface area contributed by atoms with E-state index in [1.807, 2.05) is 80.6 Å². The van der Waals surface area contributed by atoms with Gasteiger partial charge >= 0.3 is 0 Å². The molecule has 1 heterocycles. The maximum atomic E-state index is 5.49. The first-order chi connectivity index (χ1) is 11.8. The lowest BCUT2D eigenvalue weighted by Gasteiger charge is -2.08. The first-order valence-corrected chi connectivity index (χ1v) is 8.23. The van der Waals surface area contributed by atoms with E-state index in [2.05, 4.69) is 0 Å². The van der Waals surface area contributed by atoms with Gasteiger partial charge in [0.1, 0.15) is 11.5 Å². The zero-order valence-electron chi connectivity index (χ0n) is 14.0. The molecule has 0 fully saturated rings. The van der Waals surface area contributed by atoms with Crippen LogP contribution in [0.2, 0.25) is 0 Å². The van der Waals surface area contributed by atoms with E-state index >= 15 is 0 Å². The maximum absolute atomic E-state index is 5.49. The van der Waals surface area contributed by atoms with Crippen molar-refractivity contribution in [2.75, 3.05) is 13.2 Å². The minimum Gasteiger partial charge on any atom is -0.494 e. The molecule has 122 valence electrons. The van der Waals surface area contributed by atoms with E-state index in [1.165, 1.54) is 0 Å². The molecular formula is C21H21NO2. The number of rotatable bonds is 6. The molecule has 0 unspecified atom stereocenters. The summed E-state index contributed by atoms with van der Waals surface area (Å²) in [5.41, 5.74) is 4.05. The highest BCUT2D eigenvalue weighted by atomic mass is 16.5. The first kappa shape index (κ1) is 16.1. The molecule has 2 aromatic carbocycles.